The third-order valence-electron chi connectivity index (χ3n) is 3.32. The Morgan fingerprint density at radius 2 is 2.00 bits per heavy atom. The van der Waals surface area contributed by atoms with Gasteiger partial charge in [-0.25, -0.2) is 4.79 Å². The minimum Gasteiger partial charge on any atom is -0.497 e. The average Bonchev–Trinajstić information content (AvgIpc) is 2.61. The van der Waals surface area contributed by atoms with Crippen molar-refractivity contribution in [1.82, 2.24) is 0 Å². The number of methoxy groups -OCH3 is 1. The van der Waals surface area contributed by atoms with E-state index in [0.29, 0.717) is 22.6 Å². The van der Waals surface area contributed by atoms with Crippen molar-refractivity contribution in [2.24, 2.45) is 10.8 Å². The summed E-state index contributed by atoms with van der Waals surface area (Å²) < 4.78 is 5.11. The van der Waals surface area contributed by atoms with E-state index >= 15 is 0 Å². The van der Waals surface area contributed by atoms with Crippen LogP contribution in [0.15, 0.2) is 47.6 Å². The highest BCUT2D eigenvalue weighted by atomic mass is 16.5. The van der Waals surface area contributed by atoms with Gasteiger partial charge in [0.2, 0.25) is 5.71 Å². The molecule has 8 heteroatoms. The molecule has 0 aliphatic rings. The van der Waals surface area contributed by atoms with Crippen LogP contribution in [0.3, 0.4) is 0 Å². The van der Waals surface area contributed by atoms with Crippen molar-refractivity contribution in [3.63, 3.8) is 0 Å². The number of hydrogen-bond donors (Lipinski definition) is 4. The number of anilines is 1. The molecular weight excluding hydrogens is 322 g/mol. The lowest BCUT2D eigenvalue weighted by Gasteiger charge is -2.13. The summed E-state index contributed by atoms with van der Waals surface area (Å²) in [5.74, 6) is -0.964. The number of carboxylic acid groups (broad SMARTS) is 1. The molecule has 0 aromatic heterocycles. The maximum atomic E-state index is 11.6. The smallest absolute Gasteiger partial charge is 0.336 e. The lowest BCUT2D eigenvalue weighted by molar-refractivity contribution is 0.0698. The van der Waals surface area contributed by atoms with Crippen molar-refractivity contribution >= 4 is 23.2 Å². The summed E-state index contributed by atoms with van der Waals surface area (Å²) in [6, 6.07) is 13.2. The maximum Gasteiger partial charge on any atom is 0.336 e. The first-order valence-electron chi connectivity index (χ1n) is 7.06. The molecule has 126 valence electrons. The Kier molecular flexibility index (Phi) is 5.32. The summed E-state index contributed by atoms with van der Waals surface area (Å²) in [4.78, 5) is 11.6. The number of nitrogens with one attached hydrogen (secondary N) is 2. The SMILES string of the molecule is COc1ccc(-c2c(N/N=C(\C#N)C(=N)N)cccc2C(=O)O)cc1. The summed E-state index contributed by atoms with van der Waals surface area (Å²) in [6.07, 6.45) is 0. The van der Waals surface area contributed by atoms with E-state index in [0.717, 1.165) is 0 Å². The van der Waals surface area contributed by atoms with Crippen LogP contribution in [-0.4, -0.2) is 29.7 Å². The molecule has 0 atom stereocenters. The second-order valence-electron chi connectivity index (χ2n) is 4.86. The van der Waals surface area contributed by atoms with Crippen molar-refractivity contribution in [2.45, 2.75) is 0 Å². The molecule has 2 aromatic rings. The number of carboxylic acids is 1. The zero-order valence-corrected chi connectivity index (χ0v) is 13.3. The van der Waals surface area contributed by atoms with Crippen molar-refractivity contribution in [2.75, 3.05) is 12.5 Å². The topological polar surface area (TPSA) is 145 Å². The highest BCUT2D eigenvalue weighted by Gasteiger charge is 2.16. The maximum absolute atomic E-state index is 11.6. The molecule has 0 saturated carbocycles. The van der Waals surface area contributed by atoms with Crippen LogP contribution >= 0.6 is 0 Å². The molecule has 0 unspecified atom stereocenters. The molecule has 0 spiro atoms. The van der Waals surface area contributed by atoms with Gasteiger partial charge in [0.05, 0.1) is 18.4 Å². The Bertz CT molecular complexity index is 882. The third-order valence-corrected chi connectivity index (χ3v) is 3.32. The molecule has 0 saturated heterocycles. The lowest BCUT2D eigenvalue weighted by Crippen LogP contribution is -2.22. The number of hydrogen-bond acceptors (Lipinski definition) is 6. The lowest BCUT2D eigenvalue weighted by atomic mass is 9.97. The van der Waals surface area contributed by atoms with Gasteiger partial charge >= 0.3 is 5.97 Å². The van der Waals surface area contributed by atoms with Gasteiger partial charge in [-0.1, -0.05) is 18.2 Å². The Morgan fingerprint density at radius 1 is 1.32 bits per heavy atom. The fourth-order valence-electron chi connectivity index (χ4n) is 2.15. The monoisotopic (exact) mass is 337 g/mol. The minimum atomic E-state index is -1.11. The van der Waals surface area contributed by atoms with E-state index in [1.54, 1.807) is 42.5 Å². The van der Waals surface area contributed by atoms with Crippen LogP contribution in [0, 0.1) is 16.7 Å². The van der Waals surface area contributed by atoms with Gasteiger partial charge < -0.3 is 15.6 Å². The number of nitriles is 1. The first-order chi connectivity index (χ1) is 12.0. The summed E-state index contributed by atoms with van der Waals surface area (Å²) in [7, 11) is 1.53. The van der Waals surface area contributed by atoms with Crippen molar-refractivity contribution in [3.05, 3.63) is 48.0 Å². The molecule has 2 aromatic carbocycles. The number of nitrogens with two attached hydrogens (primary N) is 1. The van der Waals surface area contributed by atoms with Crippen LogP contribution in [0.25, 0.3) is 11.1 Å². The van der Waals surface area contributed by atoms with E-state index in [9.17, 15) is 9.90 Å². The molecule has 2 rings (SSSR count). The summed E-state index contributed by atoms with van der Waals surface area (Å²) in [5, 5.41) is 29.4. The standard InChI is InChI=1S/C17H15N5O3/c1-25-11-7-5-10(6-8-11)15-12(17(23)24)3-2-4-13(15)21-22-14(9-18)16(19)20/h2-8,21H,1H3,(H3,19,20)(H,23,24)/b22-14+. The van der Waals surface area contributed by atoms with E-state index in [1.807, 2.05) is 0 Å². The summed E-state index contributed by atoms with van der Waals surface area (Å²) in [5.41, 5.74) is 9.00. The number of amidine groups is 1. The van der Waals surface area contributed by atoms with E-state index in [2.05, 4.69) is 10.5 Å². The fraction of sp³-hybridized carbons (Fsp3) is 0.0588. The van der Waals surface area contributed by atoms with Gasteiger partial charge in [-0.2, -0.15) is 10.4 Å². The number of aromatic carboxylic acids is 1. The minimum absolute atomic E-state index is 0.0618. The van der Waals surface area contributed by atoms with Crippen LogP contribution in [-0.2, 0) is 0 Å². The largest absolute Gasteiger partial charge is 0.497 e. The van der Waals surface area contributed by atoms with E-state index in [-0.39, 0.29) is 11.3 Å². The van der Waals surface area contributed by atoms with Crippen LogP contribution in [0.4, 0.5) is 5.69 Å². The van der Waals surface area contributed by atoms with Gasteiger partial charge in [-0.05, 0) is 29.8 Å². The normalized spacial score (nSPS) is 10.6. The van der Waals surface area contributed by atoms with Gasteiger partial charge in [0.1, 0.15) is 11.8 Å². The highest BCUT2D eigenvalue weighted by molar-refractivity contribution is 6.45. The molecule has 25 heavy (non-hydrogen) atoms. The van der Waals surface area contributed by atoms with Crippen LogP contribution in [0.1, 0.15) is 10.4 Å². The molecule has 0 fully saturated rings. The van der Waals surface area contributed by atoms with Gasteiger partial charge in [0.15, 0.2) is 5.84 Å². The first-order valence-corrected chi connectivity index (χ1v) is 7.06. The van der Waals surface area contributed by atoms with Crippen molar-refractivity contribution in [1.29, 1.82) is 10.7 Å². The molecule has 0 amide bonds. The van der Waals surface area contributed by atoms with Crippen molar-refractivity contribution < 1.29 is 14.6 Å². The molecule has 0 radical (unpaired) electrons. The Morgan fingerprint density at radius 3 is 2.52 bits per heavy atom. The van der Waals surface area contributed by atoms with Crippen LogP contribution in [0.2, 0.25) is 0 Å². The predicted octanol–water partition coefficient (Wildman–Crippen LogP) is 2.29. The number of benzene rings is 2. The van der Waals surface area contributed by atoms with Gasteiger partial charge in [-0.15, -0.1) is 0 Å². The van der Waals surface area contributed by atoms with Gasteiger partial charge in [-0.3, -0.25) is 10.8 Å². The quantitative estimate of drug-likeness (QED) is 0.361. The predicted molar refractivity (Wildman–Crippen MR) is 94.0 cm³/mol. The van der Waals surface area contributed by atoms with E-state index in [4.69, 9.17) is 21.1 Å². The number of carbonyl (C=O) groups is 1. The number of nitrogens with zero attached hydrogens (tertiary/aromatic N) is 2. The molecule has 8 nitrogen and oxygen atoms in total. The summed E-state index contributed by atoms with van der Waals surface area (Å²) in [6.45, 7) is 0. The Hall–Kier alpha value is -3.86. The second kappa shape index (κ2) is 7.61. The Balaban J connectivity index is 2.57. The van der Waals surface area contributed by atoms with Gasteiger partial charge in [0, 0.05) is 5.56 Å². The average molecular weight is 337 g/mol. The molecule has 5 N–H and O–H groups in total. The van der Waals surface area contributed by atoms with Crippen LogP contribution < -0.4 is 15.9 Å². The zero-order valence-electron chi connectivity index (χ0n) is 13.3. The molecule has 0 bridgehead atoms. The number of ether oxygens (including phenoxy) is 1. The number of rotatable bonds is 6. The van der Waals surface area contributed by atoms with E-state index in [1.165, 1.54) is 13.2 Å². The molecule has 0 aliphatic heterocycles. The molecule has 0 aliphatic carbocycles. The van der Waals surface area contributed by atoms with Gasteiger partial charge in [0.25, 0.3) is 0 Å². The highest BCUT2D eigenvalue weighted by Crippen LogP contribution is 2.33. The Labute approximate surface area is 143 Å². The van der Waals surface area contributed by atoms with Crippen molar-refractivity contribution in [3.8, 4) is 22.9 Å². The first kappa shape index (κ1) is 17.5. The fourth-order valence-corrected chi connectivity index (χ4v) is 2.15. The summed E-state index contributed by atoms with van der Waals surface area (Å²) >= 11 is 0. The van der Waals surface area contributed by atoms with Crippen LogP contribution in [0.5, 0.6) is 5.75 Å². The third kappa shape index (κ3) is 3.92. The molecular formula is C17H15N5O3. The zero-order chi connectivity index (χ0) is 18.4. The number of hydrazone groups is 1. The second-order valence-corrected chi connectivity index (χ2v) is 4.86. The molecule has 0 heterocycles. The van der Waals surface area contributed by atoms with E-state index < -0.39 is 11.8 Å².